The lowest BCUT2D eigenvalue weighted by atomic mass is 9.82. The summed E-state index contributed by atoms with van der Waals surface area (Å²) in [6.45, 7) is 4.78. The van der Waals surface area contributed by atoms with Crippen molar-refractivity contribution in [1.82, 2.24) is 0 Å². The van der Waals surface area contributed by atoms with E-state index in [-0.39, 0.29) is 5.41 Å². The van der Waals surface area contributed by atoms with Crippen molar-refractivity contribution in [1.29, 1.82) is 0 Å². The normalized spacial score (nSPS) is 14.7. The highest BCUT2D eigenvalue weighted by Gasteiger charge is 2.41. The van der Waals surface area contributed by atoms with E-state index in [1.807, 2.05) is 0 Å². The maximum absolute atomic E-state index is 2.66. The summed E-state index contributed by atoms with van der Waals surface area (Å²) in [7, 11) is -2.66. The Morgan fingerprint density at radius 1 is 0.407 bits per heavy atom. The maximum Gasteiger partial charge on any atom is 0.179 e. The molecule has 0 unspecified atom stereocenters. The second-order valence-electron chi connectivity index (χ2n) is 17.1. The molecule has 0 atom stereocenters. The molecule has 2 heteroatoms. The molecule has 0 saturated heterocycles. The van der Waals surface area contributed by atoms with Crippen LogP contribution in [0.1, 0.15) is 68.6 Å². The summed E-state index contributed by atoms with van der Waals surface area (Å²) < 4.78 is 0. The lowest BCUT2D eigenvalue weighted by Gasteiger charge is -2.35. The highest BCUT2D eigenvalue weighted by atomic mass is 28.3. The van der Waals surface area contributed by atoms with Gasteiger partial charge in [-0.3, -0.25) is 0 Å². The second kappa shape index (κ2) is 15.5. The Labute approximate surface area is 351 Å². The largest absolute Gasteiger partial charge is 0.310 e. The molecule has 10 rings (SSSR count). The van der Waals surface area contributed by atoms with Crippen LogP contribution in [-0.2, 0) is 5.41 Å². The Hall–Kier alpha value is -6.22. The maximum atomic E-state index is 2.49. The third kappa shape index (κ3) is 6.57. The average molecular weight is 778 g/mol. The quantitative estimate of drug-likeness (QED) is 0.104. The molecule has 2 aliphatic carbocycles. The fraction of sp³-hybridized carbons (Fsp3) is 0.158. The van der Waals surface area contributed by atoms with E-state index in [4.69, 9.17) is 0 Å². The van der Waals surface area contributed by atoms with Gasteiger partial charge < -0.3 is 4.90 Å². The van der Waals surface area contributed by atoms with E-state index in [1.165, 1.54) is 103 Å². The van der Waals surface area contributed by atoms with Crippen LogP contribution in [0, 0.1) is 0 Å². The topological polar surface area (TPSA) is 3.24 Å². The second-order valence-corrected chi connectivity index (χ2v) is 20.9. The highest BCUT2D eigenvalue weighted by molar-refractivity contribution is 7.19. The fourth-order valence-electron chi connectivity index (χ4n) is 10.4. The number of benzene rings is 8. The molecule has 0 N–H and O–H groups in total. The minimum absolute atomic E-state index is 0.136. The molecule has 1 fully saturated rings. The first-order valence-electron chi connectivity index (χ1n) is 21.5. The van der Waals surface area contributed by atoms with Crippen molar-refractivity contribution < 1.29 is 0 Å². The van der Waals surface area contributed by atoms with Crippen LogP contribution in [0.2, 0.25) is 0 Å². The molecule has 1 saturated carbocycles. The summed E-state index contributed by atoms with van der Waals surface area (Å²) in [5.74, 6) is 0.664. The first-order chi connectivity index (χ1) is 29.0. The summed E-state index contributed by atoms with van der Waals surface area (Å²) >= 11 is 0. The predicted molar refractivity (Wildman–Crippen MR) is 254 cm³/mol. The van der Waals surface area contributed by atoms with E-state index in [0.29, 0.717) is 5.92 Å². The number of anilines is 3. The van der Waals surface area contributed by atoms with Crippen LogP contribution >= 0.6 is 0 Å². The Morgan fingerprint density at radius 3 is 1.46 bits per heavy atom. The van der Waals surface area contributed by atoms with E-state index in [9.17, 15) is 0 Å². The predicted octanol–water partition coefficient (Wildman–Crippen LogP) is 12.6. The van der Waals surface area contributed by atoms with Crippen molar-refractivity contribution in [2.75, 3.05) is 4.90 Å². The van der Waals surface area contributed by atoms with Crippen molar-refractivity contribution >= 4 is 45.9 Å². The van der Waals surface area contributed by atoms with Crippen LogP contribution in [0.3, 0.4) is 0 Å². The van der Waals surface area contributed by atoms with Crippen LogP contribution in [0.4, 0.5) is 17.1 Å². The zero-order valence-electron chi connectivity index (χ0n) is 34.2. The van der Waals surface area contributed by atoms with Crippen LogP contribution in [0.15, 0.2) is 206 Å². The average Bonchev–Trinajstić information content (AvgIpc) is 3.53. The van der Waals surface area contributed by atoms with Crippen LogP contribution in [0.5, 0.6) is 0 Å². The standard InChI is InChI=1S/C57H51NSi/c1-57(2)55-39-30-45(43-20-10-4-11-21-43)40-54(55)53-38-35-48(41-56(53)57)58(46-31-28-44(29-32-46)42-18-8-3-9-19-42)47-33-36-52(37-34-47)59(49-22-12-5-13-23-49,50-24-14-6-15-25-50)51-26-16-7-17-27-51/h4-7,10-17,20-42H,3,8-9,18-19H2,1-2H3. The zero-order chi connectivity index (χ0) is 39.8. The third-order valence-corrected chi connectivity index (χ3v) is 18.2. The molecule has 0 radical (unpaired) electrons. The summed E-state index contributed by atoms with van der Waals surface area (Å²) in [5.41, 5.74) is 12.8. The number of fused-ring (bicyclic) bond motifs is 3. The number of rotatable bonds is 9. The highest BCUT2D eigenvalue weighted by Crippen LogP contribution is 2.51. The summed E-state index contributed by atoms with van der Waals surface area (Å²) in [5, 5.41) is 5.53. The molecular weight excluding hydrogens is 727 g/mol. The number of hydrogen-bond acceptors (Lipinski definition) is 1. The first kappa shape index (κ1) is 37.1. The molecule has 0 aromatic heterocycles. The molecule has 1 nitrogen and oxygen atoms in total. The summed E-state index contributed by atoms with van der Waals surface area (Å²) in [6.07, 6.45) is 6.64. The zero-order valence-corrected chi connectivity index (χ0v) is 35.2. The minimum Gasteiger partial charge on any atom is -0.310 e. The molecule has 8 aromatic rings. The Balaban J connectivity index is 1.11. The van der Waals surface area contributed by atoms with E-state index >= 15 is 0 Å². The van der Waals surface area contributed by atoms with Gasteiger partial charge in [0.1, 0.15) is 0 Å². The van der Waals surface area contributed by atoms with Gasteiger partial charge in [-0.2, -0.15) is 0 Å². The molecule has 0 amide bonds. The molecule has 0 aliphatic heterocycles. The van der Waals surface area contributed by atoms with Gasteiger partial charge in [-0.25, -0.2) is 0 Å². The Kier molecular flexibility index (Phi) is 9.75. The fourth-order valence-corrected chi connectivity index (χ4v) is 15.1. The van der Waals surface area contributed by atoms with E-state index in [1.54, 1.807) is 0 Å². The van der Waals surface area contributed by atoms with Crippen LogP contribution in [0.25, 0.3) is 22.3 Å². The SMILES string of the molecule is CC1(C)c2ccc(-c3ccccc3)cc2-c2ccc(N(c3ccc(C4CCCCC4)cc3)c3ccc([Si](c4ccccc4)(c4ccccc4)c4ccccc4)cc3)cc21. The van der Waals surface area contributed by atoms with E-state index in [2.05, 4.69) is 225 Å². The van der Waals surface area contributed by atoms with Gasteiger partial charge in [-0.1, -0.05) is 197 Å². The van der Waals surface area contributed by atoms with Gasteiger partial charge >= 0.3 is 0 Å². The van der Waals surface area contributed by atoms with E-state index in [0.717, 1.165) is 5.69 Å². The lowest BCUT2D eigenvalue weighted by molar-refractivity contribution is 0.443. The molecule has 0 heterocycles. The molecule has 59 heavy (non-hydrogen) atoms. The molecule has 8 aromatic carbocycles. The van der Waals surface area contributed by atoms with E-state index < -0.39 is 8.07 Å². The monoisotopic (exact) mass is 777 g/mol. The van der Waals surface area contributed by atoms with Crippen LogP contribution in [-0.4, -0.2) is 8.07 Å². The summed E-state index contributed by atoms with van der Waals surface area (Å²) in [4.78, 5) is 2.49. The van der Waals surface area contributed by atoms with Gasteiger partial charge in [-0.15, -0.1) is 0 Å². The summed E-state index contributed by atoms with van der Waals surface area (Å²) in [6, 6.07) is 77.8. The molecule has 2 aliphatic rings. The smallest absolute Gasteiger partial charge is 0.179 e. The van der Waals surface area contributed by atoms with Gasteiger partial charge in [-0.05, 0) is 121 Å². The Bertz CT molecular complexity index is 2580. The van der Waals surface area contributed by atoms with Crippen molar-refractivity contribution in [3.63, 3.8) is 0 Å². The van der Waals surface area contributed by atoms with Gasteiger partial charge in [0.05, 0.1) is 0 Å². The first-order valence-corrected chi connectivity index (χ1v) is 23.5. The van der Waals surface area contributed by atoms with Gasteiger partial charge in [0.15, 0.2) is 8.07 Å². The molecule has 0 bridgehead atoms. The third-order valence-electron chi connectivity index (χ3n) is 13.4. The lowest BCUT2D eigenvalue weighted by Crippen LogP contribution is -2.74. The number of hydrogen-bond donors (Lipinski definition) is 0. The van der Waals surface area contributed by atoms with Crippen molar-refractivity contribution in [2.24, 2.45) is 0 Å². The molecule has 0 spiro atoms. The van der Waals surface area contributed by atoms with Crippen LogP contribution < -0.4 is 25.6 Å². The Morgan fingerprint density at radius 2 is 0.898 bits per heavy atom. The van der Waals surface area contributed by atoms with Crippen molar-refractivity contribution in [3.8, 4) is 22.3 Å². The van der Waals surface area contributed by atoms with Crippen molar-refractivity contribution in [2.45, 2.75) is 57.3 Å². The van der Waals surface area contributed by atoms with Gasteiger partial charge in [0.2, 0.25) is 0 Å². The molecular formula is C57H51NSi. The van der Waals surface area contributed by atoms with Gasteiger partial charge in [0, 0.05) is 22.5 Å². The molecule has 288 valence electrons. The minimum atomic E-state index is -2.66. The van der Waals surface area contributed by atoms with Crippen molar-refractivity contribution in [3.05, 3.63) is 223 Å². The number of nitrogens with zero attached hydrogens (tertiary/aromatic N) is 1. The van der Waals surface area contributed by atoms with Gasteiger partial charge in [0.25, 0.3) is 0 Å².